The van der Waals surface area contributed by atoms with E-state index in [2.05, 4.69) is 0 Å². The molecule has 1 saturated heterocycles. The van der Waals surface area contributed by atoms with Crippen LogP contribution in [-0.2, 0) is 16.1 Å². The van der Waals surface area contributed by atoms with E-state index in [1.807, 2.05) is 73.5 Å². The van der Waals surface area contributed by atoms with E-state index < -0.39 is 0 Å². The number of para-hydroxylation sites is 2. The Morgan fingerprint density at radius 3 is 2.58 bits per heavy atom. The van der Waals surface area contributed by atoms with Crippen molar-refractivity contribution >= 4 is 11.8 Å². The van der Waals surface area contributed by atoms with Crippen LogP contribution in [0.2, 0.25) is 0 Å². The Hall–Kier alpha value is -3.02. The second kappa shape index (κ2) is 11.4. The van der Waals surface area contributed by atoms with Gasteiger partial charge in [0.15, 0.2) is 0 Å². The zero-order valence-electron chi connectivity index (χ0n) is 18.5. The second-order valence-corrected chi connectivity index (χ2v) is 7.83. The van der Waals surface area contributed by atoms with Gasteiger partial charge < -0.3 is 19.3 Å². The molecule has 1 aliphatic rings. The number of piperidine rings is 1. The molecule has 1 unspecified atom stereocenters. The molecule has 0 radical (unpaired) electrons. The summed E-state index contributed by atoms with van der Waals surface area (Å²) < 4.78 is 11.3. The Morgan fingerprint density at radius 2 is 1.81 bits per heavy atom. The van der Waals surface area contributed by atoms with Gasteiger partial charge in [-0.15, -0.1) is 0 Å². The fourth-order valence-corrected chi connectivity index (χ4v) is 3.91. The fourth-order valence-electron chi connectivity index (χ4n) is 3.91. The number of hydrogen-bond acceptors (Lipinski definition) is 4. The minimum Gasteiger partial charge on any atom is -0.494 e. The van der Waals surface area contributed by atoms with Gasteiger partial charge >= 0.3 is 0 Å². The maximum Gasteiger partial charge on any atom is 0.227 e. The summed E-state index contributed by atoms with van der Waals surface area (Å²) in [7, 11) is 1.82. The van der Waals surface area contributed by atoms with Crippen molar-refractivity contribution in [1.82, 2.24) is 9.80 Å². The second-order valence-electron chi connectivity index (χ2n) is 7.83. The molecule has 2 aromatic carbocycles. The number of rotatable bonds is 9. The number of amides is 2. The molecule has 0 aromatic heterocycles. The first-order valence-electron chi connectivity index (χ1n) is 11.0. The Labute approximate surface area is 184 Å². The Morgan fingerprint density at radius 1 is 1.06 bits per heavy atom. The van der Waals surface area contributed by atoms with Gasteiger partial charge in [-0.2, -0.15) is 0 Å². The molecule has 0 aliphatic carbocycles. The summed E-state index contributed by atoms with van der Waals surface area (Å²) in [5, 5.41) is 0. The Bertz CT molecular complexity index is 856. The third kappa shape index (κ3) is 6.48. The lowest BCUT2D eigenvalue weighted by Gasteiger charge is -2.34. The summed E-state index contributed by atoms with van der Waals surface area (Å²) in [5.41, 5.74) is 0.988. The zero-order valence-corrected chi connectivity index (χ0v) is 18.5. The molecule has 0 spiro atoms. The highest BCUT2D eigenvalue weighted by atomic mass is 16.5. The van der Waals surface area contributed by atoms with Gasteiger partial charge in [0.2, 0.25) is 11.8 Å². The van der Waals surface area contributed by atoms with Gasteiger partial charge in [-0.1, -0.05) is 36.4 Å². The van der Waals surface area contributed by atoms with Crippen LogP contribution in [0.4, 0.5) is 0 Å². The average Bonchev–Trinajstić information content (AvgIpc) is 2.80. The molecule has 1 fully saturated rings. The van der Waals surface area contributed by atoms with E-state index in [1.54, 1.807) is 4.90 Å². The van der Waals surface area contributed by atoms with Crippen molar-refractivity contribution < 1.29 is 19.1 Å². The van der Waals surface area contributed by atoms with Crippen LogP contribution in [0.5, 0.6) is 11.5 Å². The molecule has 1 aliphatic heterocycles. The maximum absolute atomic E-state index is 13.1. The normalized spacial score (nSPS) is 15.9. The zero-order chi connectivity index (χ0) is 22.1. The van der Waals surface area contributed by atoms with E-state index in [-0.39, 0.29) is 17.7 Å². The van der Waals surface area contributed by atoms with Gasteiger partial charge in [0.1, 0.15) is 11.5 Å². The Kier molecular flexibility index (Phi) is 8.33. The molecule has 1 atom stereocenters. The van der Waals surface area contributed by atoms with Crippen LogP contribution in [0.1, 0.15) is 31.7 Å². The number of ether oxygens (including phenoxy) is 2. The highest BCUT2D eigenvalue weighted by Gasteiger charge is 2.30. The van der Waals surface area contributed by atoms with E-state index in [0.717, 1.165) is 29.9 Å². The standard InChI is InChI=1S/C25H32N2O4/c1-3-30-23-14-8-7-10-20(23)18-26(2)25(29)21-11-9-16-27(19-21)24(28)15-17-31-22-12-5-4-6-13-22/h4-8,10,12-14,21H,3,9,11,15-19H2,1-2H3. The molecule has 166 valence electrons. The van der Waals surface area contributed by atoms with Crippen LogP contribution < -0.4 is 9.47 Å². The van der Waals surface area contributed by atoms with E-state index in [1.165, 1.54) is 0 Å². The van der Waals surface area contributed by atoms with E-state index in [0.29, 0.717) is 39.3 Å². The van der Waals surface area contributed by atoms with Crippen LogP contribution in [-0.4, -0.2) is 55.0 Å². The van der Waals surface area contributed by atoms with Crippen molar-refractivity contribution in [3.05, 3.63) is 60.2 Å². The van der Waals surface area contributed by atoms with E-state index >= 15 is 0 Å². The predicted octanol–water partition coefficient (Wildman–Crippen LogP) is 3.75. The topological polar surface area (TPSA) is 59.1 Å². The molecule has 1 heterocycles. The average molecular weight is 425 g/mol. The quantitative estimate of drug-likeness (QED) is 0.615. The number of carbonyl (C=O) groups is 2. The minimum absolute atomic E-state index is 0.0396. The van der Waals surface area contributed by atoms with Crippen molar-refractivity contribution in [3.63, 3.8) is 0 Å². The smallest absolute Gasteiger partial charge is 0.227 e. The van der Waals surface area contributed by atoms with Crippen molar-refractivity contribution in [3.8, 4) is 11.5 Å². The first kappa shape index (κ1) is 22.7. The lowest BCUT2D eigenvalue weighted by Crippen LogP contribution is -2.46. The van der Waals surface area contributed by atoms with Gasteiger partial charge in [-0.3, -0.25) is 9.59 Å². The van der Waals surface area contributed by atoms with Gasteiger partial charge in [0, 0.05) is 32.2 Å². The Balaban J connectivity index is 1.50. The summed E-state index contributed by atoms with van der Waals surface area (Å²) in [5.74, 6) is 1.51. The molecule has 2 amide bonds. The summed E-state index contributed by atoms with van der Waals surface area (Å²) in [6, 6.07) is 17.3. The number of benzene rings is 2. The molecular weight excluding hydrogens is 392 g/mol. The van der Waals surface area contributed by atoms with Gasteiger partial charge in [0.25, 0.3) is 0 Å². The molecule has 31 heavy (non-hydrogen) atoms. The van der Waals surface area contributed by atoms with Crippen LogP contribution >= 0.6 is 0 Å². The van der Waals surface area contributed by atoms with Crippen LogP contribution in [0.25, 0.3) is 0 Å². The lowest BCUT2D eigenvalue weighted by molar-refractivity contribution is -0.140. The third-order valence-corrected chi connectivity index (χ3v) is 5.51. The maximum atomic E-state index is 13.1. The number of nitrogens with zero attached hydrogens (tertiary/aromatic N) is 2. The first-order valence-corrected chi connectivity index (χ1v) is 11.0. The SMILES string of the molecule is CCOc1ccccc1CN(C)C(=O)C1CCCN(C(=O)CCOc2ccccc2)C1. The van der Waals surface area contributed by atoms with Crippen molar-refractivity contribution in [2.75, 3.05) is 33.4 Å². The number of carbonyl (C=O) groups excluding carboxylic acids is 2. The molecule has 0 saturated carbocycles. The molecular formula is C25H32N2O4. The lowest BCUT2D eigenvalue weighted by atomic mass is 9.96. The molecule has 0 bridgehead atoms. The number of hydrogen-bond donors (Lipinski definition) is 0. The molecule has 0 N–H and O–H groups in total. The highest BCUT2D eigenvalue weighted by molar-refractivity contribution is 5.81. The van der Waals surface area contributed by atoms with Gasteiger partial charge in [-0.25, -0.2) is 0 Å². The summed E-state index contributed by atoms with van der Waals surface area (Å²) >= 11 is 0. The van der Waals surface area contributed by atoms with Crippen LogP contribution in [0.15, 0.2) is 54.6 Å². The molecule has 6 heteroatoms. The van der Waals surface area contributed by atoms with Gasteiger partial charge in [-0.05, 0) is 38.0 Å². The largest absolute Gasteiger partial charge is 0.494 e. The minimum atomic E-state index is -0.169. The third-order valence-electron chi connectivity index (χ3n) is 5.51. The summed E-state index contributed by atoms with van der Waals surface area (Å²) in [4.78, 5) is 29.3. The van der Waals surface area contributed by atoms with Crippen molar-refractivity contribution in [2.45, 2.75) is 32.7 Å². The number of likely N-dealkylation sites (tertiary alicyclic amines) is 1. The van der Waals surface area contributed by atoms with E-state index in [4.69, 9.17) is 9.47 Å². The highest BCUT2D eigenvalue weighted by Crippen LogP contribution is 2.23. The molecule has 2 aromatic rings. The predicted molar refractivity (Wildman–Crippen MR) is 120 cm³/mol. The van der Waals surface area contributed by atoms with Crippen LogP contribution in [0, 0.1) is 5.92 Å². The van der Waals surface area contributed by atoms with Crippen LogP contribution in [0.3, 0.4) is 0 Å². The first-order chi connectivity index (χ1) is 15.1. The van der Waals surface area contributed by atoms with Crippen molar-refractivity contribution in [2.24, 2.45) is 5.92 Å². The summed E-state index contributed by atoms with van der Waals surface area (Å²) in [6.45, 7) is 4.54. The fraction of sp³-hybridized carbons (Fsp3) is 0.440. The van der Waals surface area contributed by atoms with Crippen molar-refractivity contribution in [1.29, 1.82) is 0 Å². The van der Waals surface area contributed by atoms with Gasteiger partial charge in [0.05, 0.1) is 25.6 Å². The summed E-state index contributed by atoms with van der Waals surface area (Å²) in [6.07, 6.45) is 1.96. The molecule has 6 nitrogen and oxygen atoms in total. The molecule has 3 rings (SSSR count). The van der Waals surface area contributed by atoms with E-state index in [9.17, 15) is 9.59 Å². The monoisotopic (exact) mass is 424 g/mol.